The van der Waals surface area contributed by atoms with Crippen LogP contribution in [0.2, 0.25) is 0 Å². The van der Waals surface area contributed by atoms with E-state index in [1.165, 1.54) is 6.20 Å². The van der Waals surface area contributed by atoms with Gasteiger partial charge in [0.1, 0.15) is 18.4 Å². The fourth-order valence-corrected chi connectivity index (χ4v) is 2.34. The molecule has 6 heteroatoms. The first-order chi connectivity index (χ1) is 8.61. The molecule has 5 nitrogen and oxygen atoms in total. The van der Waals surface area contributed by atoms with Crippen LogP contribution in [-0.2, 0) is 0 Å². The van der Waals surface area contributed by atoms with Crippen molar-refractivity contribution < 1.29 is 9.84 Å². The van der Waals surface area contributed by atoms with E-state index >= 15 is 0 Å². The summed E-state index contributed by atoms with van der Waals surface area (Å²) in [5.41, 5.74) is 0.577. The highest BCUT2D eigenvalue weighted by Gasteiger charge is 2.41. The zero-order chi connectivity index (χ0) is 12.8. The maximum atomic E-state index is 9.71. The number of rotatable bonds is 3. The average Bonchev–Trinajstić information content (AvgIpc) is 2.93. The zero-order valence-electron chi connectivity index (χ0n) is 9.43. The molecule has 2 aromatic rings. The molecule has 3 rings (SSSR count). The van der Waals surface area contributed by atoms with Gasteiger partial charge in [-0.05, 0) is 34.8 Å². The van der Waals surface area contributed by atoms with Gasteiger partial charge in [-0.1, -0.05) is 0 Å². The largest absolute Gasteiger partial charge is 0.489 e. The minimum absolute atomic E-state index is 0.289. The Bertz CT molecular complexity index is 655. The first kappa shape index (κ1) is 11.5. The van der Waals surface area contributed by atoms with Crippen LogP contribution in [0.15, 0.2) is 22.9 Å². The predicted molar refractivity (Wildman–Crippen MR) is 67.3 cm³/mol. The monoisotopic (exact) mass is 307 g/mol. The van der Waals surface area contributed by atoms with Gasteiger partial charge in [0.05, 0.1) is 29.1 Å². The maximum Gasteiger partial charge on any atom is 0.138 e. The highest BCUT2D eigenvalue weighted by atomic mass is 79.9. The number of aromatic nitrogens is 2. The van der Waals surface area contributed by atoms with E-state index in [1.807, 2.05) is 0 Å². The van der Waals surface area contributed by atoms with Crippen molar-refractivity contribution in [2.75, 3.05) is 6.61 Å². The Labute approximate surface area is 112 Å². The van der Waals surface area contributed by atoms with Crippen LogP contribution in [0.25, 0.3) is 5.52 Å². The van der Waals surface area contributed by atoms with E-state index in [4.69, 9.17) is 10.00 Å². The molecule has 18 heavy (non-hydrogen) atoms. The van der Waals surface area contributed by atoms with Crippen molar-refractivity contribution in [3.63, 3.8) is 0 Å². The lowest BCUT2D eigenvalue weighted by atomic mass is 10.3. The van der Waals surface area contributed by atoms with Gasteiger partial charge < -0.3 is 9.84 Å². The van der Waals surface area contributed by atoms with Crippen molar-refractivity contribution in [2.24, 2.45) is 0 Å². The van der Waals surface area contributed by atoms with Gasteiger partial charge in [0, 0.05) is 4.47 Å². The van der Waals surface area contributed by atoms with Gasteiger partial charge in [0.15, 0.2) is 0 Å². The summed E-state index contributed by atoms with van der Waals surface area (Å²) in [5.74, 6) is 0.613. The molecule has 92 valence electrons. The van der Waals surface area contributed by atoms with Crippen molar-refractivity contribution in [3.8, 4) is 11.8 Å². The molecule has 1 fully saturated rings. The van der Waals surface area contributed by atoms with E-state index in [9.17, 15) is 5.11 Å². The number of ether oxygens (including phenoxy) is 1. The summed E-state index contributed by atoms with van der Waals surface area (Å²) in [7, 11) is 0. The molecule has 1 N–H and O–H groups in total. The van der Waals surface area contributed by atoms with E-state index in [2.05, 4.69) is 27.1 Å². The summed E-state index contributed by atoms with van der Waals surface area (Å²) < 4.78 is 7.88. The number of aliphatic hydroxyl groups is 1. The summed E-state index contributed by atoms with van der Waals surface area (Å²) >= 11 is 3.40. The Morgan fingerprint density at radius 3 is 3.06 bits per heavy atom. The second-order valence-electron chi connectivity index (χ2n) is 4.50. The summed E-state index contributed by atoms with van der Waals surface area (Å²) in [6.07, 6.45) is 4.79. The third kappa shape index (κ3) is 1.96. The van der Waals surface area contributed by atoms with E-state index < -0.39 is 5.60 Å². The molecule has 0 atom stereocenters. The molecule has 1 aliphatic carbocycles. The molecule has 1 aliphatic rings. The molecular formula is C12H10BrN3O2. The summed E-state index contributed by atoms with van der Waals surface area (Å²) in [4.78, 5) is 0. The SMILES string of the molecule is N#Cc1cnn2cc(OCC3(O)CC3)cc(Br)c12. The molecule has 0 spiro atoms. The Morgan fingerprint density at radius 2 is 2.39 bits per heavy atom. The quantitative estimate of drug-likeness (QED) is 0.940. The minimum atomic E-state index is -0.649. The molecule has 0 saturated heterocycles. The van der Waals surface area contributed by atoms with Crippen molar-refractivity contribution in [3.05, 3.63) is 28.5 Å². The van der Waals surface area contributed by atoms with Crippen molar-refractivity contribution in [2.45, 2.75) is 18.4 Å². The van der Waals surface area contributed by atoms with Gasteiger partial charge >= 0.3 is 0 Å². The smallest absolute Gasteiger partial charge is 0.138 e. The zero-order valence-corrected chi connectivity index (χ0v) is 11.0. The highest BCUT2D eigenvalue weighted by Crippen LogP contribution is 2.36. The maximum absolute atomic E-state index is 9.71. The van der Waals surface area contributed by atoms with Gasteiger partial charge in [-0.3, -0.25) is 0 Å². The number of nitrogens with zero attached hydrogens (tertiary/aromatic N) is 3. The van der Waals surface area contributed by atoms with Crippen LogP contribution in [0.5, 0.6) is 5.75 Å². The van der Waals surface area contributed by atoms with E-state index in [0.29, 0.717) is 11.3 Å². The van der Waals surface area contributed by atoms with Crippen molar-refractivity contribution >= 4 is 21.4 Å². The first-order valence-electron chi connectivity index (χ1n) is 5.53. The minimum Gasteiger partial charge on any atom is -0.489 e. The number of hydrogen-bond donors (Lipinski definition) is 1. The molecule has 0 unspecified atom stereocenters. The molecule has 0 aliphatic heterocycles. The van der Waals surface area contributed by atoms with Gasteiger partial charge in [-0.25, -0.2) is 4.52 Å². The van der Waals surface area contributed by atoms with Gasteiger partial charge in [0.2, 0.25) is 0 Å². The van der Waals surface area contributed by atoms with Crippen LogP contribution >= 0.6 is 15.9 Å². The first-order valence-corrected chi connectivity index (χ1v) is 6.33. The molecule has 0 radical (unpaired) electrons. The third-order valence-corrected chi connectivity index (χ3v) is 3.60. The second-order valence-corrected chi connectivity index (χ2v) is 5.35. The van der Waals surface area contributed by atoms with Gasteiger partial charge in [-0.2, -0.15) is 10.4 Å². The summed E-state index contributed by atoms with van der Waals surface area (Å²) in [6.45, 7) is 0.289. The van der Waals surface area contributed by atoms with Gasteiger partial charge in [0.25, 0.3) is 0 Å². The molecule has 2 heterocycles. The molecule has 0 amide bonds. The van der Waals surface area contributed by atoms with Gasteiger partial charge in [-0.15, -0.1) is 0 Å². The Balaban J connectivity index is 1.93. The lowest BCUT2D eigenvalue weighted by molar-refractivity contribution is 0.0853. The second kappa shape index (κ2) is 3.97. The number of hydrogen-bond acceptors (Lipinski definition) is 4. The van der Waals surface area contributed by atoms with Crippen molar-refractivity contribution in [1.29, 1.82) is 5.26 Å². The van der Waals surface area contributed by atoms with E-state index in [0.717, 1.165) is 22.8 Å². The summed E-state index contributed by atoms with van der Waals surface area (Å²) in [6, 6.07) is 3.86. The highest BCUT2D eigenvalue weighted by molar-refractivity contribution is 9.10. The fourth-order valence-electron chi connectivity index (χ4n) is 1.72. The number of halogens is 1. The topological polar surface area (TPSA) is 70.6 Å². The Kier molecular flexibility index (Phi) is 2.54. The fraction of sp³-hybridized carbons (Fsp3) is 0.333. The summed E-state index contributed by atoms with van der Waals surface area (Å²) in [5, 5.41) is 22.8. The van der Waals surface area contributed by atoms with Crippen LogP contribution in [0.1, 0.15) is 18.4 Å². The van der Waals surface area contributed by atoms with E-state index in [-0.39, 0.29) is 6.61 Å². The van der Waals surface area contributed by atoms with Crippen LogP contribution in [0.4, 0.5) is 0 Å². The number of nitriles is 1. The predicted octanol–water partition coefficient (Wildman–Crippen LogP) is 1.87. The lowest BCUT2D eigenvalue weighted by Crippen LogP contribution is -2.18. The van der Waals surface area contributed by atoms with Crippen LogP contribution in [0.3, 0.4) is 0 Å². The Hall–Kier alpha value is -1.58. The number of pyridine rings is 1. The van der Waals surface area contributed by atoms with Crippen LogP contribution < -0.4 is 4.74 Å². The Morgan fingerprint density at radius 1 is 1.61 bits per heavy atom. The third-order valence-electron chi connectivity index (χ3n) is 3.00. The molecule has 0 bridgehead atoms. The molecular weight excluding hydrogens is 298 g/mol. The average molecular weight is 308 g/mol. The number of fused-ring (bicyclic) bond motifs is 1. The molecule has 2 aromatic heterocycles. The lowest BCUT2D eigenvalue weighted by Gasteiger charge is -2.11. The van der Waals surface area contributed by atoms with E-state index in [1.54, 1.807) is 16.8 Å². The molecule has 0 aromatic carbocycles. The molecule has 1 saturated carbocycles. The normalized spacial score (nSPS) is 16.5. The van der Waals surface area contributed by atoms with Crippen LogP contribution in [0, 0.1) is 11.3 Å². The van der Waals surface area contributed by atoms with Crippen LogP contribution in [-0.4, -0.2) is 26.9 Å². The van der Waals surface area contributed by atoms with Crippen molar-refractivity contribution in [1.82, 2.24) is 9.61 Å². The standard InChI is InChI=1S/C12H10BrN3O2/c13-10-3-9(18-7-12(17)1-2-12)6-16-11(10)8(4-14)5-15-16/h3,5-6,17H,1-2,7H2.